The average Bonchev–Trinajstić information content (AvgIpc) is 1.59. The molecule has 0 atom stereocenters. The Kier molecular flexibility index (Phi) is 5.36. The molecule has 56 valence electrons. The van der Waals surface area contributed by atoms with Crippen LogP contribution in [0.3, 0.4) is 0 Å². The molecule has 0 aliphatic carbocycles. The minimum absolute atomic E-state index is 0.409. The van der Waals surface area contributed by atoms with Crippen molar-refractivity contribution in [2.45, 2.75) is 17.3 Å². The fraction of sp³-hybridized carbons (Fsp3) is 1.00. The first-order valence-corrected chi connectivity index (χ1v) is 8.38. The Labute approximate surface area is 79.5 Å². The number of halogens is 5. The summed E-state index contributed by atoms with van der Waals surface area (Å²) >= 11 is 27.4. The lowest BCUT2D eigenvalue weighted by atomic mass is 10.6. The van der Waals surface area contributed by atoms with Crippen LogP contribution in [-0.2, 0) is 0 Å². The van der Waals surface area contributed by atoms with Crippen molar-refractivity contribution in [3.8, 4) is 0 Å². The molecule has 0 saturated carbocycles. The van der Waals surface area contributed by atoms with E-state index in [9.17, 15) is 0 Å². The molecule has 6 heteroatoms. The summed E-state index contributed by atoms with van der Waals surface area (Å²) in [5.74, 6) is 0. The van der Waals surface area contributed by atoms with E-state index in [2.05, 4.69) is 0 Å². The van der Waals surface area contributed by atoms with Crippen molar-refractivity contribution in [3.05, 3.63) is 0 Å². The lowest BCUT2D eigenvalue weighted by Crippen LogP contribution is -2.09. The average molecular weight is 246 g/mol. The zero-order valence-electron chi connectivity index (χ0n) is 4.38. The van der Waals surface area contributed by atoms with Crippen LogP contribution in [0.1, 0.15) is 6.42 Å². The maximum atomic E-state index is 5.53. The quantitative estimate of drug-likeness (QED) is 0.403. The summed E-state index contributed by atoms with van der Waals surface area (Å²) in [4.78, 5) is -0.409. The standard InChI is InChI=1S/C3H5Cl5Si/c4-3(5)1-2-9(6,7)8/h3H,1-2H2. The van der Waals surface area contributed by atoms with Crippen molar-refractivity contribution in [2.24, 2.45) is 0 Å². The zero-order chi connectivity index (χ0) is 7.49. The van der Waals surface area contributed by atoms with Gasteiger partial charge >= 0.3 is 6.00 Å². The molecule has 0 N–H and O–H groups in total. The minimum Gasteiger partial charge on any atom is -0.126 e. The molecular formula is C3H5Cl5Si. The second kappa shape index (κ2) is 4.53. The van der Waals surface area contributed by atoms with Gasteiger partial charge in [0.1, 0.15) is 4.84 Å². The van der Waals surface area contributed by atoms with E-state index in [1.54, 1.807) is 0 Å². The highest BCUT2D eigenvalue weighted by molar-refractivity contribution is 7.64. The van der Waals surface area contributed by atoms with E-state index in [0.717, 1.165) is 0 Å². The molecule has 0 aromatic rings. The molecule has 0 amide bonds. The van der Waals surface area contributed by atoms with Crippen LogP contribution in [0.2, 0.25) is 6.04 Å². The summed E-state index contributed by atoms with van der Waals surface area (Å²) in [6, 6.07) is -1.95. The molecule has 0 aromatic carbocycles. The summed E-state index contributed by atoms with van der Waals surface area (Å²) < 4.78 is 0. The van der Waals surface area contributed by atoms with Crippen LogP contribution in [0.25, 0.3) is 0 Å². The van der Waals surface area contributed by atoms with Gasteiger partial charge in [-0.3, -0.25) is 0 Å². The van der Waals surface area contributed by atoms with Crippen molar-refractivity contribution in [3.63, 3.8) is 0 Å². The van der Waals surface area contributed by atoms with Gasteiger partial charge in [-0.25, -0.2) is 0 Å². The molecule has 0 bridgehead atoms. The van der Waals surface area contributed by atoms with Gasteiger partial charge in [0.15, 0.2) is 0 Å². The molecule has 0 rings (SSSR count). The van der Waals surface area contributed by atoms with Crippen LogP contribution < -0.4 is 0 Å². The number of hydrogen-bond donors (Lipinski definition) is 0. The van der Waals surface area contributed by atoms with Crippen molar-refractivity contribution in [1.82, 2.24) is 0 Å². The van der Waals surface area contributed by atoms with Crippen LogP contribution in [0.15, 0.2) is 0 Å². The molecule has 0 spiro atoms. The summed E-state index contributed by atoms with van der Waals surface area (Å²) in [6.07, 6.45) is 0.561. The maximum Gasteiger partial charge on any atom is 0.341 e. The fourth-order valence-electron chi connectivity index (χ4n) is 0.273. The van der Waals surface area contributed by atoms with E-state index in [1.807, 2.05) is 0 Å². The molecule has 0 heterocycles. The SMILES string of the molecule is ClC(Cl)CC[Si](Cl)(Cl)Cl. The largest absolute Gasteiger partial charge is 0.341 e. The van der Waals surface area contributed by atoms with E-state index in [0.29, 0.717) is 12.5 Å². The molecule has 0 aromatic heterocycles. The highest BCUT2D eigenvalue weighted by atomic mass is 35.8. The van der Waals surface area contributed by atoms with Crippen molar-refractivity contribution in [1.29, 1.82) is 0 Å². The Morgan fingerprint density at radius 1 is 1.11 bits per heavy atom. The number of alkyl halides is 2. The maximum absolute atomic E-state index is 5.53. The Hall–Kier alpha value is 1.67. The van der Waals surface area contributed by atoms with E-state index in [-0.39, 0.29) is 0 Å². The van der Waals surface area contributed by atoms with Crippen LogP contribution in [-0.4, -0.2) is 10.8 Å². The highest BCUT2D eigenvalue weighted by Crippen LogP contribution is 2.28. The molecule has 0 aliphatic heterocycles. The van der Waals surface area contributed by atoms with E-state index in [4.69, 9.17) is 56.4 Å². The Balaban J connectivity index is 3.28. The smallest absolute Gasteiger partial charge is 0.126 e. The Morgan fingerprint density at radius 2 is 1.56 bits per heavy atom. The molecule has 0 saturated heterocycles. The van der Waals surface area contributed by atoms with Crippen LogP contribution in [0, 0.1) is 0 Å². The first-order valence-electron chi connectivity index (χ1n) is 2.27. The predicted molar refractivity (Wildman–Crippen MR) is 48.2 cm³/mol. The normalized spacial score (nSPS) is 12.7. The van der Waals surface area contributed by atoms with Crippen LogP contribution in [0.4, 0.5) is 0 Å². The van der Waals surface area contributed by atoms with Crippen molar-refractivity contribution < 1.29 is 0 Å². The summed E-state index contributed by atoms with van der Waals surface area (Å²) in [7, 11) is 0. The lowest BCUT2D eigenvalue weighted by molar-refractivity contribution is 1.03. The van der Waals surface area contributed by atoms with Gasteiger partial charge in [0, 0.05) is 0 Å². The molecule has 0 aliphatic rings. The van der Waals surface area contributed by atoms with E-state index >= 15 is 0 Å². The second-order valence-corrected chi connectivity index (χ2v) is 12.1. The monoisotopic (exact) mass is 244 g/mol. The third-order valence-corrected chi connectivity index (χ3v) is 3.64. The lowest BCUT2D eigenvalue weighted by Gasteiger charge is -2.06. The van der Waals surface area contributed by atoms with Gasteiger partial charge in [-0.1, -0.05) is 0 Å². The minimum atomic E-state index is -2.47. The summed E-state index contributed by atoms with van der Waals surface area (Å²) in [5, 5.41) is 0. The molecule has 0 nitrogen and oxygen atoms in total. The molecule has 9 heavy (non-hydrogen) atoms. The molecular weight excluding hydrogens is 241 g/mol. The van der Waals surface area contributed by atoms with Gasteiger partial charge in [0.2, 0.25) is 0 Å². The highest BCUT2D eigenvalue weighted by Gasteiger charge is 2.24. The van der Waals surface area contributed by atoms with Crippen molar-refractivity contribution >= 4 is 62.4 Å². The number of rotatable bonds is 3. The van der Waals surface area contributed by atoms with Crippen LogP contribution >= 0.6 is 56.4 Å². The van der Waals surface area contributed by atoms with Gasteiger partial charge in [0.05, 0.1) is 0 Å². The topological polar surface area (TPSA) is 0 Å². The summed E-state index contributed by atoms with van der Waals surface area (Å²) in [5.41, 5.74) is 0. The van der Waals surface area contributed by atoms with E-state index < -0.39 is 10.8 Å². The van der Waals surface area contributed by atoms with Gasteiger partial charge in [-0.15, -0.1) is 56.4 Å². The Bertz CT molecular complexity index is 76.8. The van der Waals surface area contributed by atoms with Gasteiger partial charge in [-0.05, 0) is 12.5 Å². The number of hydrogen-bond acceptors (Lipinski definition) is 0. The van der Waals surface area contributed by atoms with Gasteiger partial charge in [-0.2, -0.15) is 0 Å². The third kappa shape index (κ3) is 9.67. The summed E-state index contributed by atoms with van der Waals surface area (Å²) in [6.45, 7) is 0. The third-order valence-electron chi connectivity index (χ3n) is 0.646. The van der Waals surface area contributed by atoms with Crippen molar-refractivity contribution in [2.75, 3.05) is 0 Å². The first-order chi connectivity index (χ1) is 3.92. The zero-order valence-corrected chi connectivity index (χ0v) is 9.16. The first kappa shape index (κ1) is 10.7. The Morgan fingerprint density at radius 3 is 1.67 bits per heavy atom. The molecule has 0 radical (unpaired) electrons. The molecule has 0 unspecified atom stereocenters. The van der Waals surface area contributed by atoms with E-state index in [1.165, 1.54) is 0 Å². The predicted octanol–water partition coefficient (Wildman–Crippen LogP) is 3.84. The van der Waals surface area contributed by atoms with Gasteiger partial charge < -0.3 is 0 Å². The second-order valence-electron chi connectivity index (χ2n) is 1.54. The fourth-order valence-corrected chi connectivity index (χ4v) is 2.45. The molecule has 0 fully saturated rings. The van der Waals surface area contributed by atoms with Gasteiger partial charge in [0.25, 0.3) is 0 Å². The van der Waals surface area contributed by atoms with Crippen LogP contribution in [0.5, 0.6) is 0 Å².